The van der Waals surface area contributed by atoms with Gasteiger partial charge in [0.15, 0.2) is 0 Å². The Labute approximate surface area is 350 Å². The fourth-order valence-corrected chi connectivity index (χ4v) is 9.59. The molecule has 3 nitrogen and oxygen atoms in total. The van der Waals surface area contributed by atoms with Crippen molar-refractivity contribution >= 4 is 49.6 Å². The number of hydrogen-bond acceptors (Lipinski definition) is 3. The second-order valence-corrected chi connectivity index (χ2v) is 16.7. The fraction of sp³-hybridized carbons (Fsp3) is 0.0877. The largest absolute Gasteiger partial charge is 0.456 e. The van der Waals surface area contributed by atoms with Crippen molar-refractivity contribution in [3.8, 4) is 33.4 Å². The monoisotopic (exact) mass is 772 g/mol. The number of benzene rings is 9. The molecule has 0 fully saturated rings. The molecule has 2 unspecified atom stereocenters. The van der Waals surface area contributed by atoms with E-state index >= 15 is 0 Å². The maximum absolute atomic E-state index is 6.95. The molecular weight excluding hydrogens is 729 g/mol. The van der Waals surface area contributed by atoms with Crippen molar-refractivity contribution in [3.63, 3.8) is 0 Å². The average molecular weight is 773 g/mol. The Hall–Kier alpha value is -7.04. The highest BCUT2D eigenvalue weighted by atomic mass is 16.3. The van der Waals surface area contributed by atoms with E-state index in [-0.39, 0.29) is 17.6 Å². The summed E-state index contributed by atoms with van der Waals surface area (Å²) in [4.78, 5) is 0. The summed E-state index contributed by atoms with van der Waals surface area (Å²) >= 11 is 0. The molecule has 1 aliphatic carbocycles. The average Bonchev–Trinajstić information content (AvgIpc) is 3.76. The molecule has 0 aliphatic heterocycles. The quantitative estimate of drug-likeness (QED) is 0.151. The van der Waals surface area contributed by atoms with Crippen molar-refractivity contribution in [2.75, 3.05) is 0 Å². The first-order valence-electron chi connectivity index (χ1n) is 20.9. The topological polar surface area (TPSA) is 51.2 Å². The van der Waals surface area contributed by atoms with Gasteiger partial charge in [0.05, 0.1) is 12.2 Å². The van der Waals surface area contributed by atoms with Crippen LogP contribution in [0.2, 0.25) is 0 Å². The molecule has 0 saturated heterocycles. The molecule has 0 amide bonds. The predicted octanol–water partition coefficient (Wildman–Crippen LogP) is 14.5. The number of rotatable bonds is 8. The van der Waals surface area contributed by atoms with E-state index in [1.165, 1.54) is 54.9 Å². The van der Waals surface area contributed by atoms with Crippen LogP contribution in [0.5, 0.6) is 0 Å². The summed E-state index contributed by atoms with van der Waals surface area (Å²) in [6.07, 6.45) is 4.11. The van der Waals surface area contributed by atoms with E-state index in [0.29, 0.717) is 0 Å². The maximum atomic E-state index is 6.95. The molecule has 3 heteroatoms. The molecule has 9 aromatic carbocycles. The summed E-state index contributed by atoms with van der Waals surface area (Å²) in [6, 6.07) is 67.4. The summed E-state index contributed by atoms with van der Waals surface area (Å²) < 4.78 is 6.39. The van der Waals surface area contributed by atoms with E-state index in [9.17, 15) is 0 Å². The van der Waals surface area contributed by atoms with E-state index in [1.807, 2.05) is 18.2 Å². The lowest BCUT2D eigenvalue weighted by atomic mass is 9.81. The van der Waals surface area contributed by atoms with Gasteiger partial charge in [-0.05, 0) is 125 Å². The highest BCUT2D eigenvalue weighted by molar-refractivity contribution is 6.11. The minimum atomic E-state index is -0.389. The van der Waals surface area contributed by atoms with Crippen molar-refractivity contribution in [2.24, 2.45) is 5.73 Å². The zero-order valence-electron chi connectivity index (χ0n) is 33.7. The minimum Gasteiger partial charge on any atom is -0.456 e. The van der Waals surface area contributed by atoms with Gasteiger partial charge in [0.1, 0.15) is 11.2 Å². The predicted molar refractivity (Wildman–Crippen MR) is 252 cm³/mol. The molecule has 11 rings (SSSR count). The Balaban J connectivity index is 0.994. The third-order valence-corrected chi connectivity index (χ3v) is 12.7. The van der Waals surface area contributed by atoms with Gasteiger partial charge in [-0.15, -0.1) is 0 Å². The first-order chi connectivity index (χ1) is 29.4. The Bertz CT molecular complexity index is 3300. The second kappa shape index (κ2) is 14.4. The molecule has 10 aromatic rings. The van der Waals surface area contributed by atoms with Gasteiger partial charge < -0.3 is 10.2 Å². The number of fused-ring (bicyclic) bond motifs is 8. The lowest BCUT2D eigenvalue weighted by Crippen LogP contribution is -2.31. The van der Waals surface area contributed by atoms with Gasteiger partial charge >= 0.3 is 0 Å². The zero-order valence-corrected chi connectivity index (χ0v) is 33.7. The first-order valence-corrected chi connectivity index (χ1v) is 20.9. The zero-order chi connectivity index (χ0) is 40.4. The van der Waals surface area contributed by atoms with E-state index in [0.717, 1.165) is 49.8 Å². The van der Waals surface area contributed by atoms with E-state index < -0.39 is 0 Å². The van der Waals surface area contributed by atoms with Gasteiger partial charge in [0, 0.05) is 16.2 Å². The van der Waals surface area contributed by atoms with Gasteiger partial charge in [-0.1, -0.05) is 172 Å². The van der Waals surface area contributed by atoms with Crippen LogP contribution in [0.3, 0.4) is 0 Å². The number of hydrogen-bond donors (Lipinski definition) is 2. The van der Waals surface area contributed by atoms with Crippen molar-refractivity contribution in [3.05, 3.63) is 222 Å². The van der Waals surface area contributed by atoms with Crippen LogP contribution in [0, 0.1) is 0 Å². The van der Waals surface area contributed by atoms with Crippen LogP contribution in [0.25, 0.3) is 82.9 Å². The Kier molecular flexibility index (Phi) is 8.63. The van der Waals surface area contributed by atoms with Gasteiger partial charge in [-0.2, -0.15) is 0 Å². The third-order valence-electron chi connectivity index (χ3n) is 12.7. The molecule has 288 valence electrons. The minimum absolute atomic E-state index is 0.102. The number of furan rings is 1. The van der Waals surface area contributed by atoms with Crippen LogP contribution in [0.1, 0.15) is 53.9 Å². The molecule has 1 aromatic heterocycles. The summed E-state index contributed by atoms with van der Waals surface area (Å²) in [5.74, 6) is 0. The number of nitrogens with one attached hydrogen (secondary N) is 1. The summed E-state index contributed by atoms with van der Waals surface area (Å²) in [5, 5.41) is 10.9. The van der Waals surface area contributed by atoms with E-state index in [2.05, 4.69) is 201 Å². The van der Waals surface area contributed by atoms with E-state index in [1.54, 1.807) is 0 Å². The molecule has 2 atom stereocenters. The van der Waals surface area contributed by atoms with Crippen LogP contribution >= 0.6 is 0 Å². The molecule has 3 N–H and O–H groups in total. The van der Waals surface area contributed by atoms with Crippen molar-refractivity contribution in [1.82, 2.24) is 5.32 Å². The van der Waals surface area contributed by atoms with E-state index in [4.69, 9.17) is 10.2 Å². The smallest absolute Gasteiger partial charge is 0.136 e. The molecule has 0 radical (unpaired) electrons. The summed E-state index contributed by atoms with van der Waals surface area (Å²) in [6.45, 7) is 4.72. The number of nitrogens with two attached hydrogens (primary N) is 1. The Morgan fingerprint density at radius 1 is 0.517 bits per heavy atom. The van der Waals surface area contributed by atoms with Gasteiger partial charge in [-0.25, -0.2) is 0 Å². The van der Waals surface area contributed by atoms with Crippen LogP contribution in [-0.4, -0.2) is 0 Å². The lowest BCUT2D eigenvalue weighted by molar-refractivity contribution is 0.510. The van der Waals surface area contributed by atoms with Crippen LogP contribution < -0.4 is 11.1 Å². The molecule has 60 heavy (non-hydrogen) atoms. The van der Waals surface area contributed by atoms with Crippen LogP contribution in [-0.2, 0) is 5.41 Å². The highest BCUT2D eigenvalue weighted by Crippen LogP contribution is 2.53. The van der Waals surface area contributed by atoms with Gasteiger partial charge in [0.25, 0.3) is 0 Å². The SMILES string of the molecule is CC1(C)c2cc3ccccc3cc2-c2c(-c3cccc(/C=C/C(NC(N)c4ccccc4)c4ccccc4-c4ccc5oc6cc7ccccc7cc6c5c4)c3)cccc21. The second-order valence-electron chi connectivity index (χ2n) is 16.7. The molecule has 0 bridgehead atoms. The molecule has 1 aliphatic rings. The Morgan fingerprint density at radius 2 is 1.17 bits per heavy atom. The van der Waals surface area contributed by atoms with Crippen molar-refractivity contribution < 1.29 is 4.42 Å². The molecule has 1 heterocycles. The maximum Gasteiger partial charge on any atom is 0.136 e. The van der Waals surface area contributed by atoms with Gasteiger partial charge in [0.2, 0.25) is 0 Å². The first kappa shape index (κ1) is 36.1. The molecule has 0 spiro atoms. The fourth-order valence-electron chi connectivity index (χ4n) is 9.59. The normalized spacial score (nSPS) is 14.2. The highest BCUT2D eigenvalue weighted by Gasteiger charge is 2.37. The standard InChI is InChI=1S/C57H44N2O/c1-57(2)50-25-13-24-45(55(50)49-32-39-18-6-8-19-40(39)34-51(49)57)42-21-12-14-36(30-42)26-28-52(59-56(58)37-15-4-3-5-16-37)46-23-11-10-22-44(46)43-27-29-53-47(33-43)48-31-38-17-7-9-20-41(38)35-54(48)60-53/h3-35,52,56,59H,58H2,1-2H3/b28-26+. The van der Waals surface area contributed by atoms with Crippen molar-refractivity contribution in [2.45, 2.75) is 31.5 Å². The third kappa shape index (κ3) is 6.14. The van der Waals surface area contributed by atoms with Crippen LogP contribution in [0.15, 0.2) is 199 Å². The summed E-state index contributed by atoms with van der Waals surface area (Å²) in [5.41, 5.74) is 22.1. The van der Waals surface area contributed by atoms with Crippen LogP contribution in [0.4, 0.5) is 0 Å². The lowest BCUT2D eigenvalue weighted by Gasteiger charge is -2.24. The summed E-state index contributed by atoms with van der Waals surface area (Å²) in [7, 11) is 0. The van der Waals surface area contributed by atoms with Crippen molar-refractivity contribution in [1.29, 1.82) is 0 Å². The molecular formula is C57H44N2O. The Morgan fingerprint density at radius 3 is 1.98 bits per heavy atom. The molecule has 0 saturated carbocycles. The van der Waals surface area contributed by atoms with Gasteiger partial charge in [-0.3, -0.25) is 5.32 Å².